The van der Waals surface area contributed by atoms with Gasteiger partial charge in [-0.05, 0) is 43.4 Å². The maximum Gasteiger partial charge on any atom is 0.262 e. The van der Waals surface area contributed by atoms with E-state index in [9.17, 15) is 14.9 Å². The average Bonchev–Trinajstić information content (AvgIpc) is 3.51. The van der Waals surface area contributed by atoms with Gasteiger partial charge in [-0.3, -0.25) is 9.59 Å². The van der Waals surface area contributed by atoms with Crippen LogP contribution in [-0.4, -0.2) is 29.7 Å². The van der Waals surface area contributed by atoms with Crippen molar-refractivity contribution in [1.82, 2.24) is 4.98 Å². The molecular weight excluding hydrogens is 364 g/mol. The Morgan fingerprint density at radius 1 is 1.41 bits per heavy atom. The summed E-state index contributed by atoms with van der Waals surface area (Å²) in [5.41, 5.74) is 2.46. The number of fused-ring (bicyclic) bond motifs is 1. The van der Waals surface area contributed by atoms with Gasteiger partial charge in [-0.2, -0.15) is 5.26 Å². The topological polar surface area (TPSA) is 104 Å². The lowest BCUT2D eigenvalue weighted by Crippen LogP contribution is -2.25. The van der Waals surface area contributed by atoms with Crippen molar-refractivity contribution in [2.45, 2.75) is 23.8 Å². The number of anilines is 2. The Morgan fingerprint density at radius 3 is 2.93 bits per heavy atom. The van der Waals surface area contributed by atoms with Gasteiger partial charge in [0.05, 0.1) is 16.8 Å². The smallest absolute Gasteiger partial charge is 0.262 e. The number of nitriles is 1. The number of nitrogens with one attached hydrogen (secondary N) is 2. The molecule has 1 aliphatic carbocycles. The molecular formula is C19H16N4O3S. The molecule has 1 fully saturated rings. The van der Waals surface area contributed by atoms with E-state index in [0.29, 0.717) is 33.6 Å². The van der Waals surface area contributed by atoms with E-state index in [-0.39, 0.29) is 24.0 Å². The van der Waals surface area contributed by atoms with E-state index in [1.807, 2.05) is 6.26 Å². The summed E-state index contributed by atoms with van der Waals surface area (Å²) in [6.45, 7) is -0.0251. The van der Waals surface area contributed by atoms with Gasteiger partial charge in [0.25, 0.3) is 11.8 Å². The van der Waals surface area contributed by atoms with Crippen LogP contribution in [0.3, 0.4) is 0 Å². The number of nitrogens with zero attached hydrogens (tertiary/aromatic N) is 2. The lowest BCUT2D eigenvalue weighted by molar-refractivity contribution is -0.118. The number of rotatable bonds is 4. The molecule has 136 valence electrons. The first-order chi connectivity index (χ1) is 13.1. The minimum absolute atomic E-state index is 0.0251. The molecule has 0 saturated heterocycles. The Morgan fingerprint density at radius 2 is 2.22 bits per heavy atom. The van der Waals surface area contributed by atoms with Crippen LogP contribution in [0.2, 0.25) is 0 Å². The molecule has 1 saturated carbocycles. The van der Waals surface area contributed by atoms with Crippen molar-refractivity contribution < 1.29 is 14.3 Å². The van der Waals surface area contributed by atoms with Crippen molar-refractivity contribution in [3.63, 3.8) is 0 Å². The van der Waals surface area contributed by atoms with E-state index in [1.165, 1.54) is 11.8 Å². The number of carbonyl (C=O) groups is 2. The molecule has 1 aromatic carbocycles. The zero-order valence-corrected chi connectivity index (χ0v) is 15.4. The second kappa shape index (κ2) is 6.93. The highest BCUT2D eigenvalue weighted by Gasteiger charge is 2.28. The molecule has 2 aromatic rings. The van der Waals surface area contributed by atoms with Crippen LogP contribution >= 0.6 is 11.8 Å². The second-order valence-corrected chi connectivity index (χ2v) is 7.16. The first-order valence-electron chi connectivity index (χ1n) is 8.46. The first kappa shape index (κ1) is 17.4. The monoisotopic (exact) mass is 380 g/mol. The van der Waals surface area contributed by atoms with Gasteiger partial charge in [0.1, 0.15) is 16.8 Å². The summed E-state index contributed by atoms with van der Waals surface area (Å²) in [4.78, 5) is 28.9. The fraction of sp³-hybridized carbons (Fsp3) is 0.263. The fourth-order valence-electron chi connectivity index (χ4n) is 2.92. The molecule has 2 amide bonds. The van der Waals surface area contributed by atoms with Crippen molar-refractivity contribution >= 4 is 35.0 Å². The van der Waals surface area contributed by atoms with Crippen molar-refractivity contribution in [1.29, 1.82) is 5.26 Å². The fourth-order valence-corrected chi connectivity index (χ4v) is 3.48. The van der Waals surface area contributed by atoms with Gasteiger partial charge in [-0.25, -0.2) is 4.98 Å². The van der Waals surface area contributed by atoms with Crippen LogP contribution in [0.25, 0.3) is 0 Å². The maximum atomic E-state index is 12.9. The highest BCUT2D eigenvalue weighted by atomic mass is 32.2. The van der Waals surface area contributed by atoms with E-state index in [4.69, 9.17) is 4.74 Å². The summed E-state index contributed by atoms with van der Waals surface area (Å²) in [5, 5.41) is 15.6. The van der Waals surface area contributed by atoms with Crippen LogP contribution in [0.15, 0.2) is 29.3 Å². The van der Waals surface area contributed by atoms with Gasteiger partial charge in [0.2, 0.25) is 0 Å². The summed E-state index contributed by atoms with van der Waals surface area (Å²) >= 11 is 1.36. The normalized spacial score (nSPS) is 15.2. The van der Waals surface area contributed by atoms with E-state index < -0.39 is 0 Å². The summed E-state index contributed by atoms with van der Waals surface area (Å²) in [6.07, 6.45) is 3.95. The minimum atomic E-state index is -0.380. The summed E-state index contributed by atoms with van der Waals surface area (Å²) < 4.78 is 5.32. The summed E-state index contributed by atoms with van der Waals surface area (Å²) in [7, 11) is 0. The zero-order valence-electron chi connectivity index (χ0n) is 14.5. The Balaban J connectivity index is 1.65. The summed E-state index contributed by atoms with van der Waals surface area (Å²) in [6, 6.07) is 8.83. The molecule has 0 atom stereocenters. The number of hydrogen-bond acceptors (Lipinski definition) is 6. The first-order valence-corrected chi connectivity index (χ1v) is 9.68. The molecule has 2 N–H and O–H groups in total. The molecule has 0 spiro atoms. The lowest BCUT2D eigenvalue weighted by atomic mass is 10.1. The minimum Gasteiger partial charge on any atom is -0.482 e. The molecule has 2 heterocycles. The number of benzene rings is 1. The van der Waals surface area contributed by atoms with Crippen molar-refractivity contribution in [3.05, 3.63) is 41.1 Å². The van der Waals surface area contributed by atoms with E-state index in [0.717, 1.165) is 18.5 Å². The molecule has 7 nitrogen and oxygen atoms in total. The highest BCUT2D eigenvalue weighted by Crippen LogP contribution is 2.40. The largest absolute Gasteiger partial charge is 0.482 e. The van der Waals surface area contributed by atoms with Crippen LogP contribution in [0.1, 0.15) is 40.4 Å². The Hall–Kier alpha value is -3.05. The van der Waals surface area contributed by atoms with Gasteiger partial charge < -0.3 is 15.4 Å². The van der Waals surface area contributed by atoms with Gasteiger partial charge in [-0.1, -0.05) is 0 Å². The second-order valence-electron chi connectivity index (χ2n) is 6.37. The Labute approximate surface area is 160 Å². The van der Waals surface area contributed by atoms with E-state index >= 15 is 0 Å². The molecule has 27 heavy (non-hydrogen) atoms. The van der Waals surface area contributed by atoms with E-state index in [2.05, 4.69) is 21.7 Å². The van der Waals surface area contributed by atoms with Crippen molar-refractivity contribution in [2.24, 2.45) is 0 Å². The zero-order chi connectivity index (χ0) is 19.0. The molecule has 1 aromatic heterocycles. The molecule has 8 heteroatoms. The standard InChI is InChI=1S/C19H16N4O3S/c1-27-19-13(8-20)12(7-14(23-19)10-2-3-10)18(25)21-11-4-5-16-15(6-11)22-17(24)9-26-16/h4-7,10H,2-3,9H2,1H3,(H,21,25)(H,22,24). The third-order valence-electron chi connectivity index (χ3n) is 4.42. The van der Waals surface area contributed by atoms with E-state index in [1.54, 1.807) is 24.3 Å². The third kappa shape index (κ3) is 3.46. The van der Waals surface area contributed by atoms with Crippen LogP contribution < -0.4 is 15.4 Å². The molecule has 4 rings (SSSR count). The lowest BCUT2D eigenvalue weighted by Gasteiger charge is -2.18. The molecule has 0 unspecified atom stereocenters. The maximum absolute atomic E-state index is 12.9. The Bertz CT molecular complexity index is 995. The number of hydrogen-bond donors (Lipinski definition) is 2. The predicted octanol–water partition coefficient (Wildman–Crippen LogP) is 3.14. The molecule has 1 aliphatic heterocycles. The van der Waals surface area contributed by atoms with Crippen LogP contribution in [0.4, 0.5) is 11.4 Å². The number of carbonyl (C=O) groups excluding carboxylic acids is 2. The molecule has 0 radical (unpaired) electrons. The number of pyridine rings is 1. The van der Waals surface area contributed by atoms with Gasteiger partial charge >= 0.3 is 0 Å². The van der Waals surface area contributed by atoms with Crippen LogP contribution in [0, 0.1) is 11.3 Å². The van der Waals surface area contributed by atoms with Crippen molar-refractivity contribution in [2.75, 3.05) is 23.5 Å². The van der Waals surface area contributed by atoms with Crippen LogP contribution in [-0.2, 0) is 4.79 Å². The van der Waals surface area contributed by atoms with Gasteiger partial charge in [0.15, 0.2) is 6.61 Å². The number of ether oxygens (including phenoxy) is 1. The number of amides is 2. The number of aromatic nitrogens is 1. The predicted molar refractivity (Wildman–Crippen MR) is 101 cm³/mol. The third-order valence-corrected chi connectivity index (χ3v) is 5.10. The quantitative estimate of drug-likeness (QED) is 0.790. The van der Waals surface area contributed by atoms with Gasteiger partial charge in [0, 0.05) is 17.3 Å². The van der Waals surface area contributed by atoms with Crippen molar-refractivity contribution in [3.8, 4) is 11.8 Å². The average molecular weight is 380 g/mol. The number of thioether (sulfide) groups is 1. The summed E-state index contributed by atoms with van der Waals surface area (Å²) in [5.74, 6) is 0.293. The molecule has 0 bridgehead atoms. The van der Waals surface area contributed by atoms with Crippen LogP contribution in [0.5, 0.6) is 5.75 Å². The molecule has 2 aliphatic rings. The van der Waals surface area contributed by atoms with Gasteiger partial charge in [-0.15, -0.1) is 11.8 Å². The SMILES string of the molecule is CSc1nc(C2CC2)cc(C(=O)Nc2ccc3c(c2)NC(=O)CO3)c1C#N. The highest BCUT2D eigenvalue weighted by molar-refractivity contribution is 7.98. The Kier molecular flexibility index (Phi) is 4.46.